The Hall–Kier alpha value is -1.74. The van der Waals surface area contributed by atoms with Crippen LogP contribution in [0, 0.1) is 12.7 Å². The lowest BCUT2D eigenvalue weighted by Crippen LogP contribution is -2.19. The van der Waals surface area contributed by atoms with Crippen LogP contribution in [0.2, 0.25) is 0 Å². The number of aromatic nitrogens is 1. The highest BCUT2D eigenvalue weighted by Gasteiger charge is 2.10. The summed E-state index contributed by atoms with van der Waals surface area (Å²) in [5.74, 6) is -0.187. The summed E-state index contributed by atoms with van der Waals surface area (Å²) in [5.41, 5.74) is 3.16. The quantitative estimate of drug-likeness (QED) is 0.894. The van der Waals surface area contributed by atoms with Crippen molar-refractivity contribution in [2.24, 2.45) is 0 Å². The van der Waals surface area contributed by atoms with Crippen LogP contribution in [0.4, 0.5) is 4.39 Å². The Morgan fingerprint density at radius 2 is 2.11 bits per heavy atom. The number of nitrogens with one attached hydrogen (secondary N) is 1. The van der Waals surface area contributed by atoms with Gasteiger partial charge in [-0.2, -0.15) is 0 Å². The van der Waals surface area contributed by atoms with Gasteiger partial charge in [0.05, 0.1) is 0 Å². The van der Waals surface area contributed by atoms with E-state index in [-0.39, 0.29) is 11.9 Å². The molecule has 1 N–H and O–H groups in total. The zero-order valence-corrected chi connectivity index (χ0v) is 10.7. The smallest absolute Gasteiger partial charge is 0.123 e. The number of hydrogen-bond acceptors (Lipinski definition) is 2. The summed E-state index contributed by atoms with van der Waals surface area (Å²) in [6, 6.07) is 11.0. The van der Waals surface area contributed by atoms with Crippen LogP contribution in [-0.4, -0.2) is 12.0 Å². The van der Waals surface area contributed by atoms with E-state index in [0.29, 0.717) is 0 Å². The van der Waals surface area contributed by atoms with Crippen molar-refractivity contribution in [3.8, 4) is 0 Å². The van der Waals surface area contributed by atoms with Crippen molar-refractivity contribution in [3.05, 3.63) is 65.2 Å². The molecule has 2 aromatic rings. The van der Waals surface area contributed by atoms with Crippen molar-refractivity contribution >= 4 is 0 Å². The lowest BCUT2D eigenvalue weighted by Gasteiger charge is -2.17. The molecule has 1 aromatic carbocycles. The maximum Gasteiger partial charge on any atom is 0.123 e. The largest absolute Gasteiger partial charge is 0.313 e. The fourth-order valence-electron chi connectivity index (χ4n) is 2.07. The highest BCUT2D eigenvalue weighted by molar-refractivity contribution is 5.24. The molecule has 0 spiro atoms. The van der Waals surface area contributed by atoms with Crippen LogP contribution in [-0.2, 0) is 6.42 Å². The Labute approximate surface area is 107 Å². The van der Waals surface area contributed by atoms with Crippen LogP contribution in [0.15, 0.2) is 42.6 Å². The van der Waals surface area contributed by atoms with Crippen LogP contribution in [0.3, 0.4) is 0 Å². The molecular weight excluding hydrogens is 227 g/mol. The third-order valence-electron chi connectivity index (χ3n) is 3.00. The van der Waals surface area contributed by atoms with Gasteiger partial charge in [-0.15, -0.1) is 0 Å². The van der Waals surface area contributed by atoms with E-state index in [1.807, 2.05) is 26.1 Å². The number of nitrogens with zero attached hydrogens (tertiary/aromatic N) is 1. The molecule has 0 aliphatic rings. The summed E-state index contributed by atoms with van der Waals surface area (Å²) in [6.07, 6.45) is 2.57. The number of pyridine rings is 1. The molecule has 1 unspecified atom stereocenters. The van der Waals surface area contributed by atoms with Crippen molar-refractivity contribution in [1.29, 1.82) is 0 Å². The Balaban J connectivity index is 2.19. The summed E-state index contributed by atoms with van der Waals surface area (Å²) in [6.45, 7) is 1.97. The van der Waals surface area contributed by atoms with Crippen LogP contribution in [0.5, 0.6) is 0 Å². The molecule has 1 heterocycles. The van der Waals surface area contributed by atoms with E-state index >= 15 is 0 Å². The van der Waals surface area contributed by atoms with Crippen LogP contribution < -0.4 is 5.32 Å². The maximum atomic E-state index is 13.2. The number of hydrogen-bond donors (Lipinski definition) is 1. The van der Waals surface area contributed by atoms with E-state index in [1.165, 1.54) is 11.6 Å². The highest BCUT2D eigenvalue weighted by atomic mass is 19.1. The molecule has 0 aliphatic carbocycles. The lowest BCUT2D eigenvalue weighted by atomic mass is 9.99. The van der Waals surface area contributed by atoms with Gasteiger partial charge < -0.3 is 5.32 Å². The molecule has 0 aliphatic heterocycles. The first-order valence-electron chi connectivity index (χ1n) is 6.03. The van der Waals surface area contributed by atoms with Crippen molar-refractivity contribution in [2.45, 2.75) is 19.4 Å². The normalized spacial score (nSPS) is 12.4. The van der Waals surface area contributed by atoms with Gasteiger partial charge in [0.15, 0.2) is 0 Å². The molecule has 0 amide bonds. The third kappa shape index (κ3) is 3.14. The average Bonchev–Trinajstić information content (AvgIpc) is 2.36. The molecule has 1 atom stereocenters. The Morgan fingerprint density at radius 3 is 2.78 bits per heavy atom. The van der Waals surface area contributed by atoms with Gasteiger partial charge in [-0.1, -0.05) is 12.1 Å². The minimum absolute atomic E-state index is 0.175. The molecule has 94 valence electrons. The number of benzene rings is 1. The molecule has 1 aromatic heterocycles. The zero-order valence-electron chi connectivity index (χ0n) is 10.7. The molecule has 18 heavy (non-hydrogen) atoms. The summed E-state index contributed by atoms with van der Waals surface area (Å²) in [7, 11) is 1.92. The first kappa shape index (κ1) is 12.7. The minimum atomic E-state index is -0.187. The molecule has 2 nitrogen and oxygen atoms in total. The summed E-state index contributed by atoms with van der Waals surface area (Å²) >= 11 is 0. The molecule has 0 saturated heterocycles. The van der Waals surface area contributed by atoms with E-state index in [9.17, 15) is 4.39 Å². The highest BCUT2D eigenvalue weighted by Crippen LogP contribution is 2.18. The first-order chi connectivity index (χ1) is 8.69. The summed E-state index contributed by atoms with van der Waals surface area (Å²) < 4.78 is 13.2. The van der Waals surface area contributed by atoms with Crippen molar-refractivity contribution in [3.63, 3.8) is 0 Å². The van der Waals surface area contributed by atoms with Crippen LogP contribution in [0.1, 0.15) is 22.9 Å². The summed E-state index contributed by atoms with van der Waals surface area (Å²) in [5, 5.41) is 3.26. The average molecular weight is 244 g/mol. The predicted molar refractivity (Wildman–Crippen MR) is 70.9 cm³/mol. The standard InChI is InChI=1S/C15H17FN2/c1-11-8-13(6-7-18-11)15(17-2)10-12-4-3-5-14(16)9-12/h3-9,15,17H,10H2,1-2H3. The maximum absolute atomic E-state index is 13.2. The molecule has 0 bridgehead atoms. The monoisotopic (exact) mass is 244 g/mol. The SMILES string of the molecule is CNC(Cc1cccc(F)c1)c1ccnc(C)c1. The van der Waals surface area contributed by atoms with Gasteiger partial charge in [-0.05, 0) is 55.8 Å². The van der Waals surface area contributed by atoms with E-state index in [0.717, 1.165) is 17.7 Å². The minimum Gasteiger partial charge on any atom is -0.313 e. The van der Waals surface area contributed by atoms with Gasteiger partial charge in [0, 0.05) is 17.9 Å². The van der Waals surface area contributed by atoms with Gasteiger partial charge in [0.1, 0.15) is 5.82 Å². The topological polar surface area (TPSA) is 24.9 Å². The van der Waals surface area contributed by atoms with Crippen molar-refractivity contribution < 1.29 is 4.39 Å². The van der Waals surface area contributed by atoms with E-state index < -0.39 is 0 Å². The van der Waals surface area contributed by atoms with E-state index in [2.05, 4.69) is 16.4 Å². The van der Waals surface area contributed by atoms with Gasteiger partial charge in [0.25, 0.3) is 0 Å². The van der Waals surface area contributed by atoms with Crippen molar-refractivity contribution in [1.82, 2.24) is 10.3 Å². The molecule has 0 radical (unpaired) electrons. The van der Waals surface area contributed by atoms with Crippen LogP contribution >= 0.6 is 0 Å². The summed E-state index contributed by atoms with van der Waals surface area (Å²) in [4.78, 5) is 4.19. The molecule has 2 rings (SSSR count). The molecule has 0 fully saturated rings. The third-order valence-corrected chi connectivity index (χ3v) is 3.00. The number of aryl methyl sites for hydroxylation is 1. The Bertz CT molecular complexity index is 525. The second-order valence-electron chi connectivity index (χ2n) is 4.41. The number of rotatable bonds is 4. The zero-order chi connectivity index (χ0) is 13.0. The fraction of sp³-hybridized carbons (Fsp3) is 0.267. The second kappa shape index (κ2) is 5.74. The Kier molecular flexibility index (Phi) is 4.05. The van der Waals surface area contributed by atoms with Gasteiger partial charge in [-0.25, -0.2) is 4.39 Å². The lowest BCUT2D eigenvalue weighted by molar-refractivity contribution is 0.583. The first-order valence-corrected chi connectivity index (χ1v) is 6.03. The van der Waals surface area contributed by atoms with Gasteiger partial charge in [-0.3, -0.25) is 4.98 Å². The number of halogens is 1. The van der Waals surface area contributed by atoms with Crippen molar-refractivity contribution in [2.75, 3.05) is 7.05 Å². The number of likely N-dealkylation sites (N-methyl/N-ethyl adjacent to an activating group) is 1. The Morgan fingerprint density at radius 1 is 1.28 bits per heavy atom. The fourth-order valence-corrected chi connectivity index (χ4v) is 2.07. The van der Waals surface area contributed by atoms with E-state index in [4.69, 9.17) is 0 Å². The molecular formula is C15H17FN2. The molecule has 0 saturated carbocycles. The van der Waals surface area contributed by atoms with Gasteiger partial charge in [0.2, 0.25) is 0 Å². The molecule has 3 heteroatoms. The predicted octanol–water partition coefficient (Wildman–Crippen LogP) is 3.03. The van der Waals surface area contributed by atoms with E-state index in [1.54, 1.807) is 18.3 Å². The second-order valence-corrected chi connectivity index (χ2v) is 4.41. The van der Waals surface area contributed by atoms with Crippen LogP contribution in [0.25, 0.3) is 0 Å². The van der Waals surface area contributed by atoms with Gasteiger partial charge >= 0.3 is 0 Å².